The Morgan fingerprint density at radius 2 is 2.10 bits per heavy atom. The first-order valence-corrected chi connectivity index (χ1v) is 10.7. The third kappa shape index (κ3) is 4.61. The van der Waals surface area contributed by atoms with Crippen LogP contribution in [0, 0.1) is 18.8 Å². The van der Waals surface area contributed by atoms with Gasteiger partial charge in [0.15, 0.2) is 5.90 Å². The molecule has 0 aromatic heterocycles. The van der Waals surface area contributed by atoms with E-state index in [-0.39, 0.29) is 5.56 Å². The second kappa shape index (κ2) is 8.50. The van der Waals surface area contributed by atoms with Crippen LogP contribution in [0.3, 0.4) is 0 Å². The monoisotopic (exact) mass is 416 g/mol. The molecule has 1 aliphatic heterocycles. The first-order chi connectivity index (χ1) is 14.8. The smallest absolute Gasteiger partial charge is 0.336 e. The average Bonchev–Trinajstić information content (AvgIpc) is 3.08. The van der Waals surface area contributed by atoms with Gasteiger partial charge in [-0.05, 0) is 61.1 Å². The van der Waals surface area contributed by atoms with Crippen molar-refractivity contribution in [3.8, 4) is 5.75 Å². The van der Waals surface area contributed by atoms with Crippen LogP contribution in [0.25, 0.3) is 0 Å². The van der Waals surface area contributed by atoms with Gasteiger partial charge in [0, 0.05) is 25.0 Å². The molecule has 1 aromatic carbocycles. The molecular weight excluding hydrogens is 388 g/mol. The minimum atomic E-state index is -0.965. The highest BCUT2D eigenvalue weighted by molar-refractivity contribution is 5.90. The summed E-state index contributed by atoms with van der Waals surface area (Å²) < 4.78 is 5.78. The predicted molar refractivity (Wildman–Crippen MR) is 124 cm³/mol. The molecule has 3 atom stereocenters. The summed E-state index contributed by atoms with van der Waals surface area (Å²) in [5.74, 6) is 0.635. The lowest BCUT2D eigenvalue weighted by atomic mass is 9.79. The quantitative estimate of drug-likeness (QED) is 0.506. The maximum absolute atomic E-state index is 11.3. The number of hydrogen-bond donors (Lipinski definition) is 1. The van der Waals surface area contributed by atoms with Crippen LogP contribution in [0.15, 0.2) is 75.4 Å². The summed E-state index contributed by atoms with van der Waals surface area (Å²) in [6.07, 6.45) is 13.1. The van der Waals surface area contributed by atoms with Gasteiger partial charge in [-0.1, -0.05) is 37.3 Å². The minimum Gasteiger partial charge on any atom is -0.478 e. The molecular formula is C26H28N2O3. The van der Waals surface area contributed by atoms with E-state index in [0.29, 0.717) is 35.1 Å². The van der Waals surface area contributed by atoms with Gasteiger partial charge in [-0.3, -0.25) is 4.99 Å². The Kier molecular flexibility index (Phi) is 5.77. The molecule has 4 rings (SSSR count). The Morgan fingerprint density at radius 3 is 2.84 bits per heavy atom. The van der Waals surface area contributed by atoms with Crippen LogP contribution in [0.4, 0.5) is 0 Å². The highest BCUT2D eigenvalue weighted by Gasteiger charge is 2.27. The van der Waals surface area contributed by atoms with E-state index >= 15 is 0 Å². The molecule has 0 saturated heterocycles. The molecule has 5 nitrogen and oxygen atoms in total. The topological polar surface area (TPSA) is 71.2 Å². The molecule has 3 aliphatic rings. The highest BCUT2D eigenvalue weighted by Crippen LogP contribution is 2.36. The number of aryl methyl sites for hydroxylation is 1. The number of rotatable bonds is 4. The van der Waals surface area contributed by atoms with E-state index in [1.807, 2.05) is 6.08 Å². The Morgan fingerprint density at radius 1 is 1.29 bits per heavy atom. The second-order valence-corrected chi connectivity index (χ2v) is 8.57. The standard InChI is InChI=1S/C26H28N2O3/c1-15-5-8-22(14-24(15)26(29)30)31-18(4)28-21-7-9-23(16(2)11-21)19-6-10-25-20(13-19)12-17(3)27-25/h5-9,11,13-14,16,23,25H,10,12H2,1-4H3,(H,29,30). The number of hydrogen-bond acceptors (Lipinski definition) is 4. The number of fused-ring (bicyclic) bond motifs is 1. The van der Waals surface area contributed by atoms with Crippen molar-refractivity contribution in [3.05, 3.63) is 76.5 Å². The molecule has 0 amide bonds. The number of ether oxygens (including phenoxy) is 1. The van der Waals surface area contributed by atoms with Gasteiger partial charge in [-0.2, -0.15) is 0 Å². The van der Waals surface area contributed by atoms with Gasteiger partial charge in [0.1, 0.15) is 5.75 Å². The van der Waals surface area contributed by atoms with Crippen LogP contribution in [0.1, 0.15) is 49.5 Å². The fourth-order valence-corrected chi connectivity index (χ4v) is 4.48. The Hall–Kier alpha value is -3.21. The van der Waals surface area contributed by atoms with Crippen molar-refractivity contribution in [2.45, 2.75) is 46.6 Å². The number of allylic oxidation sites excluding steroid dienone is 5. The van der Waals surface area contributed by atoms with Crippen molar-refractivity contribution in [2.24, 2.45) is 21.8 Å². The molecule has 0 spiro atoms. The molecule has 2 aliphatic carbocycles. The van der Waals surface area contributed by atoms with Crippen molar-refractivity contribution in [2.75, 3.05) is 0 Å². The maximum Gasteiger partial charge on any atom is 0.336 e. The molecule has 3 unspecified atom stereocenters. The van der Waals surface area contributed by atoms with E-state index < -0.39 is 5.97 Å². The van der Waals surface area contributed by atoms with E-state index in [4.69, 9.17) is 9.73 Å². The lowest BCUT2D eigenvalue weighted by Crippen LogP contribution is -2.17. The van der Waals surface area contributed by atoms with Crippen molar-refractivity contribution >= 4 is 17.6 Å². The van der Waals surface area contributed by atoms with Crippen molar-refractivity contribution in [1.29, 1.82) is 0 Å². The first-order valence-electron chi connectivity index (χ1n) is 10.7. The number of nitrogens with zero attached hydrogens (tertiary/aromatic N) is 2. The van der Waals surface area contributed by atoms with E-state index in [9.17, 15) is 9.90 Å². The van der Waals surface area contributed by atoms with Crippen molar-refractivity contribution in [1.82, 2.24) is 0 Å². The minimum absolute atomic E-state index is 0.235. The number of carbonyl (C=O) groups is 1. The molecule has 0 saturated carbocycles. The van der Waals surface area contributed by atoms with Gasteiger partial charge < -0.3 is 9.84 Å². The summed E-state index contributed by atoms with van der Waals surface area (Å²) in [4.78, 5) is 20.6. The molecule has 160 valence electrons. The lowest BCUT2D eigenvalue weighted by molar-refractivity contribution is 0.0695. The summed E-state index contributed by atoms with van der Waals surface area (Å²) >= 11 is 0. The largest absolute Gasteiger partial charge is 0.478 e. The molecule has 0 bridgehead atoms. The van der Waals surface area contributed by atoms with E-state index in [1.165, 1.54) is 22.9 Å². The highest BCUT2D eigenvalue weighted by atomic mass is 16.5. The van der Waals surface area contributed by atoms with Crippen molar-refractivity contribution < 1.29 is 14.6 Å². The van der Waals surface area contributed by atoms with Gasteiger partial charge in [-0.15, -0.1) is 0 Å². The fourth-order valence-electron chi connectivity index (χ4n) is 4.48. The molecule has 1 heterocycles. The third-order valence-electron chi connectivity index (χ3n) is 6.04. The Bertz CT molecular complexity index is 1100. The zero-order valence-electron chi connectivity index (χ0n) is 18.4. The lowest BCUT2D eigenvalue weighted by Gasteiger charge is -2.26. The van der Waals surface area contributed by atoms with Crippen LogP contribution in [-0.4, -0.2) is 28.7 Å². The molecule has 5 heteroatoms. The van der Waals surface area contributed by atoms with E-state index in [1.54, 1.807) is 26.0 Å². The van der Waals surface area contributed by atoms with Crippen LogP contribution in [-0.2, 0) is 0 Å². The van der Waals surface area contributed by atoms with E-state index in [0.717, 1.165) is 18.5 Å². The van der Waals surface area contributed by atoms with Crippen LogP contribution in [0.5, 0.6) is 5.75 Å². The normalized spacial score (nSPS) is 25.3. The van der Waals surface area contributed by atoms with Gasteiger partial charge in [0.2, 0.25) is 0 Å². The Labute approximate surface area is 183 Å². The number of carboxylic acids is 1. The summed E-state index contributed by atoms with van der Waals surface area (Å²) in [6.45, 7) is 7.87. The molecule has 0 radical (unpaired) electrons. The molecule has 1 aromatic rings. The van der Waals surface area contributed by atoms with Crippen LogP contribution in [0.2, 0.25) is 0 Å². The maximum atomic E-state index is 11.3. The SMILES string of the molecule is CC1=NC2CC=C(C3C=CC(N=C(C)Oc4ccc(C)c(C(=O)O)c4)=CC3C)C=C2C1. The predicted octanol–water partition coefficient (Wildman–Crippen LogP) is 5.69. The summed E-state index contributed by atoms with van der Waals surface area (Å²) in [6, 6.07) is 5.39. The van der Waals surface area contributed by atoms with E-state index in [2.05, 4.69) is 43.1 Å². The summed E-state index contributed by atoms with van der Waals surface area (Å²) in [7, 11) is 0. The second-order valence-electron chi connectivity index (χ2n) is 8.57. The number of carboxylic acid groups (broad SMARTS) is 1. The third-order valence-corrected chi connectivity index (χ3v) is 6.04. The first kappa shape index (κ1) is 21.0. The molecule has 0 fully saturated rings. The number of aliphatic imine (C=N–C) groups is 2. The number of benzene rings is 1. The van der Waals surface area contributed by atoms with Gasteiger partial charge in [-0.25, -0.2) is 9.79 Å². The van der Waals surface area contributed by atoms with Gasteiger partial charge >= 0.3 is 5.97 Å². The molecule has 1 N–H and O–H groups in total. The van der Waals surface area contributed by atoms with Crippen LogP contribution >= 0.6 is 0 Å². The zero-order valence-corrected chi connectivity index (χ0v) is 18.4. The summed E-state index contributed by atoms with van der Waals surface area (Å²) in [5.41, 5.74) is 5.82. The average molecular weight is 417 g/mol. The van der Waals surface area contributed by atoms with Crippen molar-refractivity contribution in [3.63, 3.8) is 0 Å². The molecule has 31 heavy (non-hydrogen) atoms. The zero-order chi connectivity index (χ0) is 22.1. The van der Waals surface area contributed by atoms with Crippen LogP contribution < -0.4 is 4.74 Å². The van der Waals surface area contributed by atoms with Gasteiger partial charge in [0.25, 0.3) is 0 Å². The fraction of sp³-hybridized carbons (Fsp3) is 0.346. The summed E-state index contributed by atoms with van der Waals surface area (Å²) in [5, 5.41) is 9.29. The number of aromatic carboxylic acids is 1. The van der Waals surface area contributed by atoms with Gasteiger partial charge in [0.05, 0.1) is 17.3 Å². The Balaban J connectivity index is 1.44.